The molecule has 2 aromatic carbocycles. The summed E-state index contributed by atoms with van der Waals surface area (Å²) in [5, 5.41) is 0. The van der Waals surface area contributed by atoms with Gasteiger partial charge in [0.25, 0.3) is 0 Å². The Morgan fingerprint density at radius 3 is 2.07 bits per heavy atom. The van der Waals surface area contributed by atoms with Gasteiger partial charge in [-0.1, -0.05) is 30.3 Å². The number of rotatable bonds is 5. The van der Waals surface area contributed by atoms with E-state index < -0.39 is 30.0 Å². The average molecular weight is 397 g/mol. The number of carbonyl (C=O) groups is 1. The van der Waals surface area contributed by atoms with E-state index in [1.165, 1.54) is 0 Å². The van der Waals surface area contributed by atoms with Crippen LogP contribution in [0, 0.1) is 0 Å². The maximum absolute atomic E-state index is 15.5. The van der Waals surface area contributed by atoms with E-state index in [1.807, 2.05) is 33.8 Å². The minimum Gasteiger partial charge on any atom is -0.457 e. The van der Waals surface area contributed by atoms with Gasteiger partial charge < -0.3 is 19.8 Å². The first-order valence-corrected chi connectivity index (χ1v) is 9.43. The van der Waals surface area contributed by atoms with Gasteiger partial charge in [0, 0.05) is 11.3 Å². The number of nitrogen functional groups attached to an aromatic ring is 1. The number of benzene rings is 2. The Bertz CT molecular complexity index is 894. The van der Waals surface area contributed by atoms with Crippen molar-refractivity contribution in [3.8, 4) is 0 Å². The lowest BCUT2D eigenvalue weighted by molar-refractivity contribution is 0.00578. The number of anilines is 1. The van der Waals surface area contributed by atoms with Gasteiger partial charge in [0.15, 0.2) is 0 Å². The molecule has 0 spiro atoms. The highest BCUT2D eigenvalue weighted by Crippen LogP contribution is 2.40. The molecule has 0 saturated carbocycles. The molecule has 5 nitrogen and oxygen atoms in total. The van der Waals surface area contributed by atoms with Gasteiger partial charge in [-0.2, -0.15) is 0 Å². The summed E-state index contributed by atoms with van der Waals surface area (Å²) in [6.45, 7) is 7.14. The lowest BCUT2D eigenvalue weighted by atomic mass is 9.83. The standard InChI is InChI=1S/C22H25BFNO4/c1-21(2)22(3,4)29-23(28-21)19(24)18(15-8-6-5-7-9-15)14-27-20(26)16-10-12-17(25)13-11-16/h5-13H,14,25H2,1-4H3. The summed E-state index contributed by atoms with van der Waals surface area (Å²) in [6, 6.07) is 15.2. The fourth-order valence-corrected chi connectivity index (χ4v) is 2.86. The van der Waals surface area contributed by atoms with Crippen molar-refractivity contribution in [2.24, 2.45) is 0 Å². The van der Waals surface area contributed by atoms with Crippen LogP contribution in [0.3, 0.4) is 0 Å². The fraction of sp³-hybridized carbons (Fsp3) is 0.318. The maximum atomic E-state index is 15.5. The van der Waals surface area contributed by atoms with E-state index >= 15 is 4.39 Å². The van der Waals surface area contributed by atoms with Crippen molar-refractivity contribution in [3.63, 3.8) is 0 Å². The summed E-state index contributed by atoms with van der Waals surface area (Å²) in [5.41, 5.74) is 5.33. The molecule has 29 heavy (non-hydrogen) atoms. The second-order valence-electron chi connectivity index (χ2n) is 7.98. The molecule has 7 heteroatoms. The molecule has 0 aromatic heterocycles. The van der Waals surface area contributed by atoms with Crippen LogP contribution in [-0.4, -0.2) is 30.9 Å². The van der Waals surface area contributed by atoms with E-state index in [1.54, 1.807) is 48.5 Å². The molecule has 0 bridgehead atoms. The minimum atomic E-state index is -1.18. The highest BCUT2D eigenvalue weighted by atomic mass is 19.1. The molecule has 1 aliphatic heterocycles. The number of halogens is 1. The van der Waals surface area contributed by atoms with Gasteiger partial charge in [-0.25, -0.2) is 9.18 Å². The Morgan fingerprint density at radius 2 is 1.52 bits per heavy atom. The molecule has 1 aliphatic rings. The van der Waals surface area contributed by atoms with Gasteiger partial charge in [0.1, 0.15) is 12.3 Å². The minimum absolute atomic E-state index is 0.202. The van der Waals surface area contributed by atoms with Crippen LogP contribution in [0.1, 0.15) is 43.6 Å². The van der Waals surface area contributed by atoms with Crippen LogP contribution in [-0.2, 0) is 14.0 Å². The topological polar surface area (TPSA) is 70.8 Å². The number of esters is 1. The molecular weight excluding hydrogens is 372 g/mol. The smallest absolute Gasteiger partial charge is 0.457 e. The van der Waals surface area contributed by atoms with Crippen LogP contribution >= 0.6 is 0 Å². The molecule has 0 radical (unpaired) electrons. The molecule has 0 aliphatic carbocycles. The highest BCUT2D eigenvalue weighted by molar-refractivity contribution is 6.55. The van der Waals surface area contributed by atoms with Gasteiger partial charge in [-0.3, -0.25) is 0 Å². The summed E-state index contributed by atoms with van der Waals surface area (Å²) in [5.74, 6) is -0.569. The first kappa shape index (κ1) is 21.1. The van der Waals surface area contributed by atoms with Gasteiger partial charge >= 0.3 is 13.1 Å². The SMILES string of the molecule is CC1(C)OB(C(F)=C(COC(=O)c2ccc(N)cc2)c2ccccc2)OC1(C)C. The summed E-state index contributed by atoms with van der Waals surface area (Å²) in [6.07, 6.45) is 0. The molecule has 0 atom stereocenters. The zero-order valence-electron chi connectivity index (χ0n) is 17.1. The van der Waals surface area contributed by atoms with Crippen molar-refractivity contribution in [3.05, 3.63) is 71.5 Å². The molecule has 2 aromatic rings. The molecular formula is C22H25BFNO4. The van der Waals surface area contributed by atoms with Gasteiger partial charge in [-0.05, 0) is 57.5 Å². The number of carbonyl (C=O) groups excluding carboxylic acids is 1. The van der Waals surface area contributed by atoms with Crippen molar-refractivity contribution >= 4 is 24.3 Å². The summed E-state index contributed by atoms with van der Waals surface area (Å²) >= 11 is 0. The molecule has 0 amide bonds. The normalized spacial score (nSPS) is 18.3. The molecule has 152 valence electrons. The second kappa shape index (κ2) is 8.01. The summed E-state index contributed by atoms with van der Waals surface area (Å²) < 4.78 is 32.5. The quantitative estimate of drug-likeness (QED) is 0.459. The van der Waals surface area contributed by atoms with Crippen LogP contribution in [0.2, 0.25) is 0 Å². The number of hydrogen-bond acceptors (Lipinski definition) is 5. The van der Waals surface area contributed by atoms with Gasteiger partial charge in [0.2, 0.25) is 0 Å². The monoisotopic (exact) mass is 397 g/mol. The zero-order valence-corrected chi connectivity index (χ0v) is 17.1. The first-order valence-electron chi connectivity index (χ1n) is 9.43. The Balaban J connectivity index is 1.86. The third-order valence-corrected chi connectivity index (χ3v) is 5.36. The van der Waals surface area contributed by atoms with E-state index in [0.717, 1.165) is 0 Å². The fourth-order valence-electron chi connectivity index (χ4n) is 2.86. The third-order valence-electron chi connectivity index (χ3n) is 5.36. The highest BCUT2D eigenvalue weighted by Gasteiger charge is 2.53. The van der Waals surface area contributed by atoms with E-state index in [9.17, 15) is 4.79 Å². The number of ether oxygens (including phenoxy) is 1. The van der Waals surface area contributed by atoms with Crippen LogP contribution in [0.15, 0.2) is 60.3 Å². The lowest BCUT2D eigenvalue weighted by Crippen LogP contribution is -2.41. The lowest BCUT2D eigenvalue weighted by Gasteiger charge is -2.32. The van der Waals surface area contributed by atoms with Gasteiger partial charge in [-0.15, -0.1) is 0 Å². The van der Waals surface area contributed by atoms with Crippen molar-refractivity contribution in [2.75, 3.05) is 12.3 Å². The van der Waals surface area contributed by atoms with Crippen LogP contribution in [0.25, 0.3) is 5.57 Å². The average Bonchev–Trinajstić information content (AvgIpc) is 2.90. The predicted molar refractivity (Wildman–Crippen MR) is 112 cm³/mol. The second-order valence-corrected chi connectivity index (χ2v) is 7.98. The molecule has 1 saturated heterocycles. The molecule has 2 N–H and O–H groups in total. The van der Waals surface area contributed by atoms with Crippen molar-refractivity contribution in [1.29, 1.82) is 0 Å². The number of nitrogens with two attached hydrogens (primary N) is 1. The van der Waals surface area contributed by atoms with E-state index in [0.29, 0.717) is 16.8 Å². The predicted octanol–water partition coefficient (Wildman–Crippen LogP) is 4.44. The Hall–Kier alpha value is -2.64. The Morgan fingerprint density at radius 1 is 0.966 bits per heavy atom. The van der Waals surface area contributed by atoms with Crippen molar-refractivity contribution < 1.29 is 23.2 Å². The van der Waals surface area contributed by atoms with Crippen LogP contribution in [0.4, 0.5) is 10.1 Å². The summed E-state index contributed by atoms with van der Waals surface area (Å²) in [7, 11) is -1.18. The van der Waals surface area contributed by atoms with E-state index in [2.05, 4.69) is 0 Å². The molecule has 1 heterocycles. The van der Waals surface area contributed by atoms with Gasteiger partial charge in [0.05, 0.1) is 16.8 Å². The first-order chi connectivity index (χ1) is 13.6. The Kier molecular flexibility index (Phi) is 5.82. The van der Waals surface area contributed by atoms with Crippen LogP contribution < -0.4 is 5.73 Å². The third kappa shape index (κ3) is 4.52. The van der Waals surface area contributed by atoms with E-state index in [-0.39, 0.29) is 12.2 Å². The largest absolute Gasteiger partial charge is 0.525 e. The van der Waals surface area contributed by atoms with Crippen molar-refractivity contribution in [2.45, 2.75) is 38.9 Å². The zero-order chi connectivity index (χ0) is 21.2. The van der Waals surface area contributed by atoms with Crippen molar-refractivity contribution in [1.82, 2.24) is 0 Å². The van der Waals surface area contributed by atoms with Crippen LogP contribution in [0.5, 0.6) is 0 Å². The molecule has 3 rings (SSSR count). The molecule has 1 fully saturated rings. The summed E-state index contributed by atoms with van der Waals surface area (Å²) in [4.78, 5) is 12.4. The molecule has 0 unspecified atom stereocenters. The van der Waals surface area contributed by atoms with E-state index in [4.69, 9.17) is 19.8 Å². The Labute approximate surface area is 170 Å². The number of hydrogen-bond donors (Lipinski definition) is 1. The maximum Gasteiger partial charge on any atom is 0.525 e.